The first-order valence-corrected chi connectivity index (χ1v) is 8.31. The standard InChI is InChI=1S/C15H17NO5S/c17-14(18)8-11-9-22-6-3-16(11)15(19)10-1-2-12-13(7-10)21-5-4-20-12/h1-2,7,11H,3-6,8-9H2,(H,17,18). The van der Waals surface area contributed by atoms with E-state index >= 15 is 0 Å². The number of ether oxygens (including phenoxy) is 2. The summed E-state index contributed by atoms with van der Waals surface area (Å²) in [4.78, 5) is 25.3. The average molecular weight is 323 g/mol. The topological polar surface area (TPSA) is 76.1 Å². The van der Waals surface area contributed by atoms with Crippen LogP contribution in [0, 0.1) is 0 Å². The van der Waals surface area contributed by atoms with Crippen molar-refractivity contribution in [1.82, 2.24) is 4.90 Å². The van der Waals surface area contributed by atoms with Gasteiger partial charge in [-0.2, -0.15) is 11.8 Å². The molecule has 0 saturated carbocycles. The van der Waals surface area contributed by atoms with Gasteiger partial charge in [0.2, 0.25) is 0 Å². The molecule has 3 rings (SSSR count). The maximum atomic E-state index is 12.7. The molecular weight excluding hydrogens is 306 g/mol. The highest BCUT2D eigenvalue weighted by molar-refractivity contribution is 7.99. The number of aliphatic carboxylic acids is 1. The number of hydrogen-bond acceptors (Lipinski definition) is 5. The van der Waals surface area contributed by atoms with Crippen molar-refractivity contribution in [3.8, 4) is 11.5 Å². The van der Waals surface area contributed by atoms with Gasteiger partial charge in [-0.1, -0.05) is 0 Å². The smallest absolute Gasteiger partial charge is 0.305 e. The third-order valence-electron chi connectivity index (χ3n) is 3.69. The summed E-state index contributed by atoms with van der Waals surface area (Å²) in [5.74, 6) is 1.66. The number of hydrogen-bond donors (Lipinski definition) is 1. The number of rotatable bonds is 3. The Morgan fingerprint density at radius 3 is 2.82 bits per heavy atom. The minimum absolute atomic E-state index is 0.0245. The fraction of sp³-hybridized carbons (Fsp3) is 0.467. The third kappa shape index (κ3) is 3.14. The lowest BCUT2D eigenvalue weighted by Crippen LogP contribution is -2.47. The Balaban J connectivity index is 1.80. The number of carbonyl (C=O) groups is 2. The fourth-order valence-corrected chi connectivity index (χ4v) is 3.70. The summed E-state index contributed by atoms with van der Waals surface area (Å²) in [5.41, 5.74) is 0.506. The largest absolute Gasteiger partial charge is 0.486 e. The first-order chi connectivity index (χ1) is 10.6. The van der Waals surface area contributed by atoms with Crippen molar-refractivity contribution < 1.29 is 24.2 Å². The molecule has 0 spiro atoms. The molecule has 6 nitrogen and oxygen atoms in total. The van der Waals surface area contributed by atoms with Crippen LogP contribution in [0.3, 0.4) is 0 Å². The Hall–Kier alpha value is -1.89. The van der Waals surface area contributed by atoms with Crippen LogP contribution in [0.1, 0.15) is 16.8 Å². The SMILES string of the molecule is O=C(O)CC1CSCCN1C(=O)c1ccc2c(c1)OCCO2. The molecular formula is C15H17NO5S. The molecule has 118 valence electrons. The molecule has 1 aromatic carbocycles. The molecule has 22 heavy (non-hydrogen) atoms. The molecule has 1 atom stereocenters. The van der Waals surface area contributed by atoms with Gasteiger partial charge in [-0.3, -0.25) is 9.59 Å². The summed E-state index contributed by atoms with van der Waals surface area (Å²) in [6, 6.07) is 4.84. The second-order valence-electron chi connectivity index (χ2n) is 5.18. The predicted octanol–water partition coefficient (Wildman–Crippen LogP) is 1.49. The van der Waals surface area contributed by atoms with E-state index in [1.807, 2.05) is 0 Å². The molecule has 1 unspecified atom stereocenters. The lowest BCUT2D eigenvalue weighted by molar-refractivity contribution is -0.138. The van der Waals surface area contributed by atoms with Crippen LogP contribution in [-0.2, 0) is 4.79 Å². The molecule has 0 aliphatic carbocycles. The summed E-state index contributed by atoms with van der Waals surface area (Å²) in [6.07, 6.45) is -0.0245. The van der Waals surface area contributed by atoms with E-state index in [1.165, 1.54) is 0 Å². The van der Waals surface area contributed by atoms with Gasteiger partial charge in [-0.05, 0) is 18.2 Å². The van der Waals surface area contributed by atoms with Crippen molar-refractivity contribution in [1.29, 1.82) is 0 Å². The van der Waals surface area contributed by atoms with Gasteiger partial charge in [-0.25, -0.2) is 0 Å². The van der Waals surface area contributed by atoms with Gasteiger partial charge < -0.3 is 19.5 Å². The quantitative estimate of drug-likeness (QED) is 0.908. The highest BCUT2D eigenvalue weighted by Gasteiger charge is 2.30. The zero-order chi connectivity index (χ0) is 15.5. The zero-order valence-corrected chi connectivity index (χ0v) is 12.8. The number of nitrogens with zero attached hydrogens (tertiary/aromatic N) is 1. The molecule has 0 radical (unpaired) electrons. The lowest BCUT2D eigenvalue weighted by atomic mass is 10.1. The monoisotopic (exact) mass is 323 g/mol. The summed E-state index contributed by atoms with van der Waals surface area (Å²) >= 11 is 1.68. The summed E-state index contributed by atoms with van der Waals surface area (Å²) in [6.45, 7) is 1.53. The van der Waals surface area contributed by atoms with E-state index in [4.69, 9.17) is 14.6 Å². The van der Waals surface area contributed by atoms with Crippen molar-refractivity contribution in [2.45, 2.75) is 12.5 Å². The highest BCUT2D eigenvalue weighted by atomic mass is 32.2. The lowest BCUT2D eigenvalue weighted by Gasteiger charge is -2.34. The van der Waals surface area contributed by atoms with Crippen LogP contribution in [0.25, 0.3) is 0 Å². The van der Waals surface area contributed by atoms with Gasteiger partial charge >= 0.3 is 5.97 Å². The van der Waals surface area contributed by atoms with E-state index < -0.39 is 5.97 Å². The zero-order valence-electron chi connectivity index (χ0n) is 12.0. The Bertz CT molecular complexity index is 591. The van der Waals surface area contributed by atoms with Gasteiger partial charge in [0.25, 0.3) is 5.91 Å². The molecule has 0 aromatic heterocycles. The van der Waals surface area contributed by atoms with Crippen molar-refractivity contribution in [2.75, 3.05) is 31.3 Å². The van der Waals surface area contributed by atoms with Gasteiger partial charge in [0, 0.05) is 23.6 Å². The first kappa shape index (κ1) is 15.0. The number of thioether (sulfide) groups is 1. The van der Waals surface area contributed by atoms with Gasteiger partial charge in [-0.15, -0.1) is 0 Å². The summed E-state index contributed by atoms with van der Waals surface area (Å²) in [5, 5.41) is 9.01. The number of carboxylic acids is 1. The molecule has 2 aliphatic rings. The number of benzene rings is 1. The second-order valence-corrected chi connectivity index (χ2v) is 6.33. The molecule has 7 heteroatoms. The van der Waals surface area contributed by atoms with Crippen LogP contribution >= 0.6 is 11.8 Å². The van der Waals surface area contributed by atoms with Crippen molar-refractivity contribution in [3.05, 3.63) is 23.8 Å². The first-order valence-electron chi connectivity index (χ1n) is 7.15. The number of amides is 1. The van der Waals surface area contributed by atoms with Crippen LogP contribution in [0.4, 0.5) is 0 Å². The van der Waals surface area contributed by atoms with Crippen LogP contribution in [0.15, 0.2) is 18.2 Å². The van der Waals surface area contributed by atoms with Gasteiger partial charge in [0.05, 0.1) is 12.5 Å². The number of carboxylic acid groups (broad SMARTS) is 1. The molecule has 1 aromatic rings. The van der Waals surface area contributed by atoms with E-state index in [1.54, 1.807) is 34.9 Å². The Kier molecular flexibility index (Phi) is 4.42. The van der Waals surface area contributed by atoms with E-state index in [0.717, 1.165) is 5.75 Å². The molecule has 0 bridgehead atoms. The summed E-state index contributed by atoms with van der Waals surface area (Å²) in [7, 11) is 0. The van der Waals surface area contributed by atoms with E-state index in [0.29, 0.717) is 42.6 Å². The molecule has 1 saturated heterocycles. The van der Waals surface area contributed by atoms with Gasteiger partial charge in [0.1, 0.15) is 13.2 Å². The molecule has 1 amide bonds. The van der Waals surface area contributed by atoms with Crippen LogP contribution in [-0.4, -0.2) is 59.2 Å². The van der Waals surface area contributed by atoms with E-state index in [-0.39, 0.29) is 18.4 Å². The van der Waals surface area contributed by atoms with Crippen LogP contribution in [0.2, 0.25) is 0 Å². The average Bonchev–Trinajstić information content (AvgIpc) is 2.54. The highest BCUT2D eigenvalue weighted by Crippen LogP contribution is 2.32. The van der Waals surface area contributed by atoms with Gasteiger partial charge in [0.15, 0.2) is 11.5 Å². The Morgan fingerprint density at radius 1 is 1.27 bits per heavy atom. The van der Waals surface area contributed by atoms with Crippen LogP contribution < -0.4 is 9.47 Å². The molecule has 1 fully saturated rings. The predicted molar refractivity (Wildman–Crippen MR) is 81.8 cm³/mol. The van der Waals surface area contributed by atoms with E-state index in [2.05, 4.69) is 0 Å². The van der Waals surface area contributed by atoms with E-state index in [9.17, 15) is 9.59 Å². The summed E-state index contributed by atoms with van der Waals surface area (Å²) < 4.78 is 10.9. The normalized spacial score (nSPS) is 20.5. The maximum absolute atomic E-state index is 12.7. The maximum Gasteiger partial charge on any atom is 0.305 e. The van der Waals surface area contributed by atoms with Crippen molar-refractivity contribution in [3.63, 3.8) is 0 Å². The Morgan fingerprint density at radius 2 is 2.05 bits per heavy atom. The Labute approximate surface area is 132 Å². The molecule has 1 N–H and O–H groups in total. The minimum Gasteiger partial charge on any atom is -0.486 e. The van der Waals surface area contributed by atoms with Crippen molar-refractivity contribution >= 4 is 23.6 Å². The van der Waals surface area contributed by atoms with Crippen molar-refractivity contribution in [2.24, 2.45) is 0 Å². The molecule has 2 heterocycles. The van der Waals surface area contributed by atoms with Crippen LogP contribution in [0.5, 0.6) is 11.5 Å². The fourth-order valence-electron chi connectivity index (χ4n) is 2.64. The number of carbonyl (C=O) groups excluding carboxylic acids is 1. The molecule has 2 aliphatic heterocycles. The number of fused-ring (bicyclic) bond motifs is 1. The second kappa shape index (κ2) is 6.48. The third-order valence-corrected chi connectivity index (χ3v) is 4.78. The minimum atomic E-state index is -0.882.